The van der Waals surface area contributed by atoms with Gasteiger partial charge >= 0.3 is 0 Å². The second-order valence-corrected chi connectivity index (χ2v) is 15.8. The normalized spacial score (nSPS) is 25.5. The first-order valence-electron chi connectivity index (χ1n) is 17.2. The molecule has 1 N–H and O–H groups in total. The number of rotatable bonds is 15. The Balaban J connectivity index is 1.42. The number of aliphatic hydroxyl groups excluding tert-OH is 1. The molecule has 0 radical (unpaired) electrons. The number of likely N-dealkylation sites (tertiary alicyclic amines) is 1. The number of alkyl halides is 1. The van der Waals surface area contributed by atoms with Crippen LogP contribution in [0.5, 0.6) is 5.75 Å². The van der Waals surface area contributed by atoms with Gasteiger partial charge in [0.1, 0.15) is 11.8 Å². The molecule has 3 fully saturated rings. The van der Waals surface area contributed by atoms with Gasteiger partial charge in [-0.05, 0) is 55.2 Å². The van der Waals surface area contributed by atoms with Gasteiger partial charge in [0, 0.05) is 35.4 Å². The van der Waals surface area contributed by atoms with Crippen molar-refractivity contribution in [2.75, 3.05) is 31.2 Å². The third-order valence-corrected chi connectivity index (χ3v) is 13.3. The van der Waals surface area contributed by atoms with Crippen LogP contribution in [0.3, 0.4) is 0 Å². The van der Waals surface area contributed by atoms with Gasteiger partial charge in [-0.1, -0.05) is 88.7 Å². The molecule has 8 nitrogen and oxygen atoms in total. The Morgan fingerprint density at radius 1 is 1.00 bits per heavy atom. The van der Waals surface area contributed by atoms with Crippen LogP contribution in [0.2, 0.25) is 0 Å². The Morgan fingerprint density at radius 3 is 2.24 bits per heavy atom. The Labute approximate surface area is 307 Å². The van der Waals surface area contributed by atoms with Crippen molar-refractivity contribution in [3.05, 3.63) is 121 Å². The third-order valence-electron chi connectivity index (χ3n) is 10.1. The molecule has 3 saturated heterocycles. The van der Waals surface area contributed by atoms with Crippen molar-refractivity contribution in [1.82, 2.24) is 9.80 Å². The number of anilines is 1. The van der Waals surface area contributed by atoms with E-state index in [-0.39, 0.29) is 47.5 Å². The second kappa shape index (κ2) is 15.6. The number of halogens is 1. The van der Waals surface area contributed by atoms with Gasteiger partial charge in [-0.3, -0.25) is 14.4 Å². The molecule has 6 rings (SSSR count). The number of nitrogens with zero attached hydrogens (tertiary/aromatic N) is 3. The fraction of sp³-hybridized carbons (Fsp3) is 0.375. The molecule has 3 amide bonds. The highest BCUT2D eigenvalue weighted by Crippen LogP contribution is 2.68. The molecule has 3 aliphatic heterocycles. The van der Waals surface area contributed by atoms with Crippen molar-refractivity contribution in [2.45, 2.75) is 53.2 Å². The number of hydrogen-bond donors (Lipinski definition) is 1. The van der Waals surface area contributed by atoms with Crippen LogP contribution in [-0.2, 0) is 27.3 Å². The molecule has 0 saturated carbocycles. The van der Waals surface area contributed by atoms with Gasteiger partial charge in [0.25, 0.3) is 0 Å². The van der Waals surface area contributed by atoms with E-state index in [0.717, 1.165) is 11.1 Å². The van der Waals surface area contributed by atoms with Gasteiger partial charge in [-0.15, -0.1) is 24.9 Å². The summed E-state index contributed by atoms with van der Waals surface area (Å²) < 4.78 is 4.75. The fourth-order valence-corrected chi connectivity index (χ4v) is 11.6. The molecular formula is C40H44BrN3O5S. The van der Waals surface area contributed by atoms with Gasteiger partial charge in [0.2, 0.25) is 17.7 Å². The van der Waals surface area contributed by atoms with Crippen molar-refractivity contribution >= 4 is 51.1 Å². The fourth-order valence-electron chi connectivity index (χ4n) is 8.04. The number of benzene rings is 3. The summed E-state index contributed by atoms with van der Waals surface area (Å²) in [4.78, 5) is 49.9. The summed E-state index contributed by atoms with van der Waals surface area (Å²) >= 11 is 5.50. The summed E-state index contributed by atoms with van der Waals surface area (Å²) in [5, 5.41) is 10.7. The zero-order valence-electron chi connectivity index (χ0n) is 28.3. The lowest BCUT2D eigenvalue weighted by Crippen LogP contribution is -2.58. The van der Waals surface area contributed by atoms with E-state index in [1.54, 1.807) is 38.6 Å². The minimum atomic E-state index is -0.893. The first-order valence-corrected chi connectivity index (χ1v) is 18.9. The van der Waals surface area contributed by atoms with Crippen molar-refractivity contribution in [3.63, 3.8) is 0 Å². The van der Waals surface area contributed by atoms with Crippen LogP contribution >= 0.6 is 27.7 Å². The van der Waals surface area contributed by atoms with E-state index in [1.807, 2.05) is 91.9 Å². The number of aliphatic hydroxyl groups is 1. The molecule has 0 aliphatic carbocycles. The lowest BCUT2D eigenvalue weighted by molar-refractivity contribution is -0.145. The van der Waals surface area contributed by atoms with E-state index >= 15 is 9.59 Å². The quantitative estimate of drug-likeness (QED) is 0.154. The van der Waals surface area contributed by atoms with Crippen LogP contribution < -0.4 is 9.64 Å². The van der Waals surface area contributed by atoms with E-state index in [0.29, 0.717) is 37.4 Å². The summed E-state index contributed by atoms with van der Waals surface area (Å²) in [6.07, 6.45) is 4.29. The van der Waals surface area contributed by atoms with Crippen LogP contribution in [0.4, 0.5) is 5.69 Å². The Bertz CT molecular complexity index is 1690. The molecule has 7 atom stereocenters. The zero-order valence-corrected chi connectivity index (χ0v) is 30.7. The highest BCUT2D eigenvalue weighted by Gasteiger charge is 2.76. The number of carbonyl (C=O) groups is 3. The molecule has 0 aromatic heterocycles. The number of ether oxygens (including phenoxy) is 1. The van der Waals surface area contributed by atoms with Crippen LogP contribution in [0, 0.1) is 11.8 Å². The molecule has 262 valence electrons. The van der Waals surface area contributed by atoms with Crippen molar-refractivity contribution < 1.29 is 24.2 Å². The summed E-state index contributed by atoms with van der Waals surface area (Å²) in [5.74, 6) is -1.39. The average molecular weight is 759 g/mol. The Kier molecular flexibility index (Phi) is 11.2. The summed E-state index contributed by atoms with van der Waals surface area (Å²) in [7, 11) is 0. The van der Waals surface area contributed by atoms with Crippen LogP contribution in [0.25, 0.3) is 0 Å². The van der Waals surface area contributed by atoms with E-state index in [1.165, 1.54) is 0 Å². The van der Waals surface area contributed by atoms with E-state index in [9.17, 15) is 9.90 Å². The van der Waals surface area contributed by atoms with Crippen LogP contribution in [0.1, 0.15) is 24.5 Å². The smallest absolute Gasteiger partial charge is 0.247 e. The minimum absolute atomic E-state index is 0.102. The number of carbonyl (C=O) groups excluding carboxylic acids is 3. The number of fused-ring (bicyclic) bond motifs is 1. The maximum atomic E-state index is 15.1. The molecule has 2 bridgehead atoms. The van der Waals surface area contributed by atoms with E-state index in [2.05, 4.69) is 29.1 Å². The molecule has 10 heteroatoms. The summed E-state index contributed by atoms with van der Waals surface area (Å²) in [6, 6.07) is 25.3. The van der Waals surface area contributed by atoms with Crippen molar-refractivity contribution in [1.29, 1.82) is 0 Å². The van der Waals surface area contributed by atoms with Gasteiger partial charge < -0.3 is 24.5 Å². The zero-order chi connectivity index (χ0) is 35.4. The highest BCUT2D eigenvalue weighted by atomic mass is 79.9. The second-order valence-electron chi connectivity index (χ2n) is 13.1. The maximum absolute atomic E-state index is 15.1. The summed E-state index contributed by atoms with van der Waals surface area (Å²) in [5.41, 5.74) is 2.59. The monoisotopic (exact) mass is 757 g/mol. The number of amides is 3. The lowest BCUT2D eigenvalue weighted by atomic mass is 9.70. The predicted octanol–water partition coefficient (Wildman–Crippen LogP) is 5.89. The third kappa shape index (κ3) is 6.65. The standard InChI is InChI=1S/C40H44BrN3O5S/c1-4-21-42(25-28-15-11-8-12-16-28)39(48)36-40-24-32(41)35(50-40)33(37(46)43(22-5-2)29-17-19-31(20-18-29)49-6-3)34(40)38(47)44(36)30(26-45)23-27-13-9-7-10-14-27/h4-5,7-20,30,32-36,45H,1-2,6,21-26H2,3H3/t30-,32?,33+,34+,35+,36?,40?/m1/s1. The minimum Gasteiger partial charge on any atom is -0.494 e. The van der Waals surface area contributed by atoms with Crippen LogP contribution in [-0.4, -0.2) is 85.8 Å². The molecule has 3 aromatic carbocycles. The molecule has 50 heavy (non-hydrogen) atoms. The Morgan fingerprint density at radius 2 is 1.64 bits per heavy atom. The number of hydrogen-bond acceptors (Lipinski definition) is 6. The topological polar surface area (TPSA) is 90.4 Å². The van der Waals surface area contributed by atoms with Gasteiger partial charge in [-0.2, -0.15) is 0 Å². The van der Waals surface area contributed by atoms with Crippen LogP contribution in [0.15, 0.2) is 110 Å². The molecular weight excluding hydrogens is 714 g/mol. The molecule has 3 heterocycles. The summed E-state index contributed by atoms with van der Waals surface area (Å²) in [6.45, 7) is 10.9. The SMILES string of the molecule is C=CCN(Cc1ccccc1)C(=O)C1N([C@@H](CO)Cc2ccccc2)C(=O)[C@@H]2[C@H](C(=O)N(CC=C)c3ccc(OCC)cc3)[C@H]3SC12CC3Br. The number of thioether (sulfide) groups is 1. The highest BCUT2D eigenvalue weighted by molar-refractivity contribution is 9.09. The molecule has 1 spiro atoms. The van der Waals surface area contributed by atoms with E-state index in [4.69, 9.17) is 4.74 Å². The largest absolute Gasteiger partial charge is 0.494 e. The maximum Gasteiger partial charge on any atom is 0.247 e. The predicted molar refractivity (Wildman–Crippen MR) is 202 cm³/mol. The van der Waals surface area contributed by atoms with Gasteiger partial charge in [-0.25, -0.2) is 0 Å². The lowest BCUT2D eigenvalue weighted by Gasteiger charge is -2.40. The van der Waals surface area contributed by atoms with E-state index < -0.39 is 28.7 Å². The molecule has 3 aromatic rings. The Hall–Kier alpha value is -3.86. The van der Waals surface area contributed by atoms with Crippen molar-refractivity contribution in [3.8, 4) is 5.75 Å². The van der Waals surface area contributed by atoms with Gasteiger partial charge in [0.05, 0.1) is 35.8 Å². The first kappa shape index (κ1) is 35.9. The molecule has 3 unspecified atom stereocenters. The van der Waals surface area contributed by atoms with Crippen molar-refractivity contribution in [2.24, 2.45) is 11.8 Å². The van der Waals surface area contributed by atoms with Gasteiger partial charge in [0.15, 0.2) is 0 Å². The average Bonchev–Trinajstić information content (AvgIpc) is 3.73. The first-order chi connectivity index (χ1) is 24.3. The molecule has 3 aliphatic rings.